The highest BCUT2D eigenvalue weighted by atomic mass is 32.2. The van der Waals surface area contributed by atoms with Crippen LogP contribution in [0.15, 0.2) is 77.8 Å². The molecule has 0 spiro atoms. The van der Waals surface area contributed by atoms with E-state index in [4.69, 9.17) is 4.99 Å². The van der Waals surface area contributed by atoms with E-state index in [1.54, 1.807) is 23.9 Å². The maximum absolute atomic E-state index is 13.9. The molecule has 0 aromatic heterocycles. The van der Waals surface area contributed by atoms with Crippen LogP contribution in [0, 0.1) is 12.7 Å². The Balaban J connectivity index is 1.57. The molecule has 0 saturated carbocycles. The van der Waals surface area contributed by atoms with Gasteiger partial charge in [0.2, 0.25) is 0 Å². The zero-order chi connectivity index (χ0) is 17.2. The van der Waals surface area contributed by atoms with Gasteiger partial charge in [0.05, 0.1) is 6.04 Å². The molecular formula is C22H18FNS. The number of halogens is 1. The van der Waals surface area contributed by atoms with Crippen LogP contribution in [0.5, 0.6) is 0 Å². The summed E-state index contributed by atoms with van der Waals surface area (Å²) in [4.78, 5) is 4.74. The Morgan fingerprint density at radius 3 is 2.20 bits per heavy atom. The van der Waals surface area contributed by atoms with Crippen molar-refractivity contribution in [2.45, 2.75) is 13.0 Å². The summed E-state index contributed by atoms with van der Waals surface area (Å²) >= 11 is 1.62. The number of rotatable bonds is 3. The topological polar surface area (TPSA) is 12.4 Å². The molecule has 3 aromatic carbocycles. The van der Waals surface area contributed by atoms with Crippen molar-refractivity contribution in [1.29, 1.82) is 0 Å². The van der Waals surface area contributed by atoms with Crippen molar-refractivity contribution in [3.63, 3.8) is 0 Å². The van der Waals surface area contributed by atoms with Crippen LogP contribution in [0.25, 0.3) is 11.1 Å². The average molecular weight is 347 g/mol. The van der Waals surface area contributed by atoms with Gasteiger partial charge in [0, 0.05) is 11.3 Å². The van der Waals surface area contributed by atoms with Crippen molar-refractivity contribution in [3.05, 3.63) is 95.3 Å². The summed E-state index contributed by atoms with van der Waals surface area (Å²) in [6.07, 6.45) is 0. The molecule has 3 aromatic rings. The van der Waals surface area contributed by atoms with E-state index in [1.807, 2.05) is 6.07 Å². The minimum Gasteiger partial charge on any atom is -0.269 e. The van der Waals surface area contributed by atoms with Gasteiger partial charge in [-0.25, -0.2) is 4.39 Å². The molecule has 4 rings (SSSR count). The number of nitrogens with zero attached hydrogens (tertiary/aromatic N) is 1. The predicted molar refractivity (Wildman–Crippen MR) is 105 cm³/mol. The van der Waals surface area contributed by atoms with Crippen LogP contribution >= 0.6 is 11.8 Å². The molecule has 124 valence electrons. The highest BCUT2D eigenvalue weighted by Gasteiger charge is 2.22. The molecule has 0 bridgehead atoms. The molecule has 0 fully saturated rings. The summed E-state index contributed by atoms with van der Waals surface area (Å²) in [5, 5.41) is 0.797. The molecular weight excluding hydrogens is 329 g/mol. The van der Waals surface area contributed by atoms with Gasteiger partial charge >= 0.3 is 0 Å². The molecule has 0 radical (unpaired) electrons. The third-order valence-corrected chi connectivity index (χ3v) is 5.52. The summed E-state index contributed by atoms with van der Waals surface area (Å²) in [6.45, 7) is 2.09. The second kappa shape index (κ2) is 6.85. The molecule has 1 unspecified atom stereocenters. The molecule has 1 heterocycles. The molecule has 0 aliphatic carbocycles. The van der Waals surface area contributed by atoms with E-state index in [1.165, 1.54) is 28.3 Å². The van der Waals surface area contributed by atoms with Crippen molar-refractivity contribution in [1.82, 2.24) is 0 Å². The van der Waals surface area contributed by atoms with Gasteiger partial charge in [-0.1, -0.05) is 66.2 Å². The van der Waals surface area contributed by atoms with Gasteiger partial charge in [-0.2, -0.15) is 0 Å². The number of benzene rings is 3. The fourth-order valence-electron chi connectivity index (χ4n) is 2.97. The van der Waals surface area contributed by atoms with Crippen LogP contribution in [0.1, 0.15) is 22.7 Å². The van der Waals surface area contributed by atoms with Crippen molar-refractivity contribution in [2.75, 3.05) is 5.75 Å². The van der Waals surface area contributed by atoms with Crippen molar-refractivity contribution < 1.29 is 4.39 Å². The maximum atomic E-state index is 13.9. The molecule has 0 saturated heterocycles. The Morgan fingerprint density at radius 1 is 0.880 bits per heavy atom. The molecule has 0 amide bonds. The normalized spacial score (nSPS) is 16.7. The van der Waals surface area contributed by atoms with Gasteiger partial charge in [-0.3, -0.25) is 4.99 Å². The summed E-state index contributed by atoms with van der Waals surface area (Å²) < 4.78 is 13.9. The van der Waals surface area contributed by atoms with E-state index in [9.17, 15) is 4.39 Å². The van der Waals surface area contributed by atoms with Crippen LogP contribution in [-0.2, 0) is 0 Å². The van der Waals surface area contributed by atoms with Crippen LogP contribution in [0.4, 0.5) is 4.39 Å². The third-order valence-electron chi connectivity index (χ3n) is 4.44. The van der Waals surface area contributed by atoms with Gasteiger partial charge < -0.3 is 0 Å². The summed E-state index contributed by atoms with van der Waals surface area (Å²) in [7, 11) is 0. The quantitative estimate of drug-likeness (QED) is 0.563. The highest BCUT2D eigenvalue weighted by Crippen LogP contribution is 2.34. The van der Waals surface area contributed by atoms with E-state index in [-0.39, 0.29) is 11.9 Å². The lowest BCUT2D eigenvalue weighted by Gasteiger charge is -2.08. The first-order chi connectivity index (χ1) is 12.2. The minimum absolute atomic E-state index is 0.0895. The zero-order valence-corrected chi connectivity index (χ0v) is 14.8. The summed E-state index contributed by atoms with van der Waals surface area (Å²) in [5.74, 6) is 0.650. The molecule has 1 atom stereocenters. The molecule has 3 heteroatoms. The Bertz CT molecular complexity index is 914. The number of aliphatic imine (C=N–C) groups is 1. The second-order valence-corrected chi connectivity index (χ2v) is 7.24. The first-order valence-corrected chi connectivity index (χ1v) is 9.32. The number of aryl methyl sites for hydroxylation is 1. The SMILES string of the molecule is Cc1ccc(-c2ccc(C3CSC(c4ccccc4F)=N3)cc2)cc1. The van der Waals surface area contributed by atoms with Gasteiger partial charge in [-0.15, -0.1) is 11.8 Å². The predicted octanol–water partition coefficient (Wildman–Crippen LogP) is 6.04. The summed E-state index contributed by atoms with van der Waals surface area (Å²) in [6, 6.07) is 24.0. The number of hydrogen-bond donors (Lipinski definition) is 0. The molecule has 1 nitrogen and oxygen atoms in total. The summed E-state index contributed by atoms with van der Waals surface area (Å²) in [5.41, 5.74) is 5.46. The largest absolute Gasteiger partial charge is 0.269 e. The van der Waals surface area contributed by atoms with Crippen molar-refractivity contribution in [3.8, 4) is 11.1 Å². The number of thioether (sulfide) groups is 1. The molecule has 25 heavy (non-hydrogen) atoms. The lowest BCUT2D eigenvalue weighted by Crippen LogP contribution is -1.96. The van der Waals surface area contributed by atoms with Crippen LogP contribution in [0.3, 0.4) is 0 Å². The fourth-order valence-corrected chi connectivity index (χ4v) is 4.08. The van der Waals surface area contributed by atoms with Crippen molar-refractivity contribution >= 4 is 16.8 Å². The molecule has 1 aliphatic rings. The highest BCUT2D eigenvalue weighted by molar-refractivity contribution is 8.14. The standard InChI is InChI=1S/C22H18FNS/c1-15-6-8-16(9-7-15)17-10-12-18(13-11-17)21-14-25-22(24-21)19-4-2-3-5-20(19)23/h2-13,21H,14H2,1H3. The van der Waals surface area contributed by atoms with Crippen LogP contribution < -0.4 is 0 Å². The minimum atomic E-state index is -0.205. The first kappa shape index (κ1) is 16.1. The number of hydrogen-bond acceptors (Lipinski definition) is 2. The Labute approximate surface area is 151 Å². The fraction of sp³-hybridized carbons (Fsp3) is 0.136. The van der Waals surface area contributed by atoms with Gasteiger partial charge in [0.15, 0.2) is 0 Å². The van der Waals surface area contributed by atoms with Crippen LogP contribution in [-0.4, -0.2) is 10.8 Å². The van der Waals surface area contributed by atoms with Gasteiger partial charge in [-0.05, 0) is 35.7 Å². The molecule has 1 aliphatic heterocycles. The van der Waals surface area contributed by atoms with E-state index in [0.29, 0.717) is 5.56 Å². The second-order valence-electron chi connectivity index (χ2n) is 6.23. The van der Waals surface area contributed by atoms with E-state index >= 15 is 0 Å². The van der Waals surface area contributed by atoms with E-state index < -0.39 is 0 Å². The van der Waals surface area contributed by atoms with Crippen molar-refractivity contribution in [2.24, 2.45) is 4.99 Å². The first-order valence-electron chi connectivity index (χ1n) is 8.33. The van der Waals surface area contributed by atoms with Gasteiger partial charge in [0.1, 0.15) is 10.9 Å². The Kier molecular flexibility index (Phi) is 4.41. The smallest absolute Gasteiger partial charge is 0.133 e. The maximum Gasteiger partial charge on any atom is 0.133 e. The monoisotopic (exact) mass is 347 g/mol. The Hall–Kier alpha value is -2.39. The third kappa shape index (κ3) is 3.38. The Morgan fingerprint density at radius 2 is 1.52 bits per heavy atom. The van der Waals surface area contributed by atoms with E-state index in [0.717, 1.165) is 10.8 Å². The molecule has 0 N–H and O–H groups in total. The lowest BCUT2D eigenvalue weighted by atomic mass is 10.0. The average Bonchev–Trinajstić information content (AvgIpc) is 3.13. The zero-order valence-electron chi connectivity index (χ0n) is 13.9. The van der Waals surface area contributed by atoms with Crippen LogP contribution in [0.2, 0.25) is 0 Å². The van der Waals surface area contributed by atoms with Gasteiger partial charge in [0.25, 0.3) is 0 Å². The van der Waals surface area contributed by atoms with E-state index in [2.05, 4.69) is 55.5 Å². The lowest BCUT2D eigenvalue weighted by molar-refractivity contribution is 0.625.